The molecule has 0 unspecified atom stereocenters. The number of hydrogen-bond donors (Lipinski definition) is 0. The molecular formula is C20H17NO3. The van der Waals surface area contributed by atoms with E-state index in [0.717, 1.165) is 11.3 Å². The van der Waals surface area contributed by atoms with Gasteiger partial charge in [0.05, 0.1) is 5.56 Å². The van der Waals surface area contributed by atoms with Gasteiger partial charge in [0.1, 0.15) is 11.3 Å². The van der Waals surface area contributed by atoms with Crippen molar-refractivity contribution in [2.75, 3.05) is 19.0 Å². The predicted octanol–water partition coefficient (Wildman–Crippen LogP) is 3.49. The number of allylic oxidation sites excluding steroid dienone is 2. The molecule has 0 fully saturated rings. The predicted molar refractivity (Wildman–Crippen MR) is 94.3 cm³/mol. The maximum Gasteiger partial charge on any atom is 0.347 e. The van der Waals surface area contributed by atoms with Crippen LogP contribution in [0.4, 0.5) is 5.69 Å². The summed E-state index contributed by atoms with van der Waals surface area (Å²) in [6, 6.07) is 14.7. The first-order valence-corrected chi connectivity index (χ1v) is 7.58. The van der Waals surface area contributed by atoms with Crippen molar-refractivity contribution >= 4 is 23.5 Å². The average Bonchev–Trinajstić information content (AvgIpc) is 2.58. The molecule has 4 heteroatoms. The Kier molecular flexibility index (Phi) is 4.29. The molecule has 1 aliphatic rings. The summed E-state index contributed by atoms with van der Waals surface area (Å²) in [4.78, 5) is 26.4. The van der Waals surface area contributed by atoms with Gasteiger partial charge in [-0.3, -0.25) is 4.79 Å². The molecule has 0 radical (unpaired) electrons. The van der Waals surface area contributed by atoms with Gasteiger partial charge in [-0.15, -0.1) is 0 Å². The van der Waals surface area contributed by atoms with Crippen LogP contribution in [0.15, 0.2) is 66.3 Å². The molecule has 120 valence electrons. The number of hydrogen-bond acceptors (Lipinski definition) is 4. The molecule has 0 N–H and O–H groups in total. The van der Waals surface area contributed by atoms with E-state index in [-0.39, 0.29) is 11.4 Å². The molecule has 4 nitrogen and oxygen atoms in total. The Morgan fingerprint density at radius 3 is 2.38 bits per heavy atom. The molecule has 1 aliphatic heterocycles. The van der Waals surface area contributed by atoms with Gasteiger partial charge < -0.3 is 9.64 Å². The van der Waals surface area contributed by atoms with E-state index < -0.39 is 5.97 Å². The van der Waals surface area contributed by atoms with Crippen molar-refractivity contribution in [2.45, 2.75) is 0 Å². The van der Waals surface area contributed by atoms with Gasteiger partial charge in [-0.25, -0.2) is 4.79 Å². The highest BCUT2D eigenvalue weighted by Gasteiger charge is 2.29. The summed E-state index contributed by atoms with van der Waals surface area (Å²) >= 11 is 0. The maximum atomic E-state index is 12.4. The van der Waals surface area contributed by atoms with Gasteiger partial charge in [-0.2, -0.15) is 0 Å². The number of para-hydroxylation sites is 1. The van der Waals surface area contributed by atoms with Gasteiger partial charge in [0.2, 0.25) is 5.78 Å². The highest BCUT2D eigenvalue weighted by molar-refractivity contribution is 6.27. The number of rotatable bonds is 3. The molecule has 2 aromatic rings. The Morgan fingerprint density at radius 1 is 0.958 bits per heavy atom. The highest BCUT2D eigenvalue weighted by Crippen LogP contribution is 2.27. The van der Waals surface area contributed by atoms with Crippen molar-refractivity contribution in [2.24, 2.45) is 0 Å². The number of fused-ring (bicyclic) bond motifs is 1. The summed E-state index contributed by atoms with van der Waals surface area (Å²) in [5, 5.41) is 0. The first-order valence-electron chi connectivity index (χ1n) is 7.58. The van der Waals surface area contributed by atoms with Crippen molar-refractivity contribution < 1.29 is 14.3 Å². The zero-order chi connectivity index (χ0) is 17.1. The molecule has 0 saturated carbocycles. The third-order valence-corrected chi connectivity index (χ3v) is 3.76. The van der Waals surface area contributed by atoms with Crippen molar-refractivity contribution in [1.82, 2.24) is 0 Å². The van der Waals surface area contributed by atoms with Crippen LogP contribution in [-0.2, 0) is 4.79 Å². The van der Waals surface area contributed by atoms with Crippen LogP contribution in [0.2, 0.25) is 0 Å². The topological polar surface area (TPSA) is 46.6 Å². The molecule has 0 aromatic heterocycles. The second kappa shape index (κ2) is 6.54. The summed E-state index contributed by atoms with van der Waals surface area (Å²) in [7, 11) is 3.96. The normalized spacial score (nSPS) is 15.5. The van der Waals surface area contributed by atoms with E-state index in [0.29, 0.717) is 11.3 Å². The second-order valence-corrected chi connectivity index (χ2v) is 5.64. The van der Waals surface area contributed by atoms with Gasteiger partial charge in [0.25, 0.3) is 0 Å². The largest absolute Gasteiger partial charge is 0.422 e. The van der Waals surface area contributed by atoms with E-state index in [2.05, 4.69) is 0 Å². The first-order chi connectivity index (χ1) is 11.6. The number of anilines is 1. The number of esters is 1. The fraction of sp³-hybridized carbons (Fsp3) is 0.100. The van der Waals surface area contributed by atoms with Gasteiger partial charge >= 0.3 is 5.97 Å². The summed E-state index contributed by atoms with van der Waals surface area (Å²) < 4.78 is 5.19. The molecule has 0 atom stereocenters. The number of carbonyl (C=O) groups is 2. The molecule has 0 bridgehead atoms. The van der Waals surface area contributed by atoms with E-state index >= 15 is 0 Å². The Morgan fingerprint density at radius 2 is 1.67 bits per heavy atom. The molecule has 0 amide bonds. The Hall–Kier alpha value is -3.14. The van der Waals surface area contributed by atoms with Crippen molar-refractivity contribution in [3.8, 4) is 5.75 Å². The van der Waals surface area contributed by atoms with E-state index in [1.165, 1.54) is 6.08 Å². The van der Waals surface area contributed by atoms with Crippen molar-refractivity contribution in [3.63, 3.8) is 0 Å². The fourth-order valence-electron chi connectivity index (χ4n) is 2.42. The lowest BCUT2D eigenvalue weighted by molar-refractivity contribution is -0.130. The molecule has 0 saturated heterocycles. The minimum atomic E-state index is -0.619. The Balaban J connectivity index is 1.81. The molecule has 0 spiro atoms. The Bertz CT molecular complexity index is 845. The van der Waals surface area contributed by atoms with Crippen LogP contribution < -0.4 is 9.64 Å². The van der Waals surface area contributed by atoms with E-state index in [1.807, 2.05) is 49.3 Å². The van der Waals surface area contributed by atoms with Gasteiger partial charge in [-0.05, 0) is 35.9 Å². The minimum Gasteiger partial charge on any atom is -0.422 e. The zero-order valence-electron chi connectivity index (χ0n) is 13.5. The lowest BCUT2D eigenvalue weighted by atomic mass is 9.99. The summed E-state index contributed by atoms with van der Waals surface area (Å²) in [6.45, 7) is 0. The summed E-state index contributed by atoms with van der Waals surface area (Å²) in [5.41, 5.74) is 2.53. The van der Waals surface area contributed by atoms with Gasteiger partial charge in [-0.1, -0.05) is 36.4 Å². The van der Waals surface area contributed by atoms with Crippen molar-refractivity contribution in [3.05, 3.63) is 77.4 Å². The van der Waals surface area contributed by atoms with Crippen LogP contribution in [0.1, 0.15) is 15.9 Å². The SMILES string of the molecule is CN(C)c1ccc(/C=C/C=C2\C(=O)Oc3ccccc3C2=O)cc1. The first kappa shape index (κ1) is 15.7. The molecule has 2 aromatic carbocycles. The van der Waals surface area contributed by atoms with Crippen LogP contribution in [-0.4, -0.2) is 25.8 Å². The van der Waals surface area contributed by atoms with Crippen molar-refractivity contribution in [1.29, 1.82) is 0 Å². The standard InChI is InChI=1S/C20H17NO3/c1-21(2)15-12-10-14(11-13-15)6-5-8-17-19(22)16-7-3-4-9-18(16)24-20(17)23/h3-13H,1-2H3/b6-5+,17-8-. The van der Waals surface area contributed by atoms with Crippen LogP contribution in [0.5, 0.6) is 5.75 Å². The lowest BCUT2D eigenvalue weighted by Gasteiger charge is -2.15. The number of benzene rings is 2. The average molecular weight is 319 g/mol. The fourth-order valence-corrected chi connectivity index (χ4v) is 2.42. The minimum absolute atomic E-state index is 0.0369. The number of ketones is 1. The maximum absolute atomic E-state index is 12.4. The third-order valence-electron chi connectivity index (χ3n) is 3.76. The molecule has 0 aliphatic carbocycles. The molecule has 1 heterocycles. The summed E-state index contributed by atoms with van der Waals surface area (Å²) in [5.74, 6) is -0.617. The summed E-state index contributed by atoms with van der Waals surface area (Å²) in [6.07, 6.45) is 5.03. The van der Waals surface area contributed by atoms with Gasteiger partial charge in [0, 0.05) is 19.8 Å². The molecule has 24 heavy (non-hydrogen) atoms. The van der Waals surface area contributed by atoms with E-state index in [1.54, 1.807) is 30.3 Å². The van der Waals surface area contributed by atoms with E-state index in [9.17, 15) is 9.59 Å². The monoisotopic (exact) mass is 319 g/mol. The number of carbonyl (C=O) groups excluding carboxylic acids is 2. The molecule has 3 rings (SSSR count). The number of nitrogens with zero attached hydrogens (tertiary/aromatic N) is 1. The van der Waals surface area contributed by atoms with E-state index in [4.69, 9.17) is 4.74 Å². The highest BCUT2D eigenvalue weighted by atomic mass is 16.5. The Labute approximate surface area is 140 Å². The molecular weight excluding hydrogens is 302 g/mol. The van der Waals surface area contributed by atoms with Crippen LogP contribution in [0.3, 0.4) is 0 Å². The zero-order valence-corrected chi connectivity index (χ0v) is 13.5. The smallest absolute Gasteiger partial charge is 0.347 e. The van der Waals surface area contributed by atoms with Crippen LogP contribution >= 0.6 is 0 Å². The second-order valence-electron chi connectivity index (χ2n) is 5.64. The lowest BCUT2D eigenvalue weighted by Crippen LogP contribution is -2.24. The van der Waals surface area contributed by atoms with Crippen LogP contribution in [0.25, 0.3) is 6.08 Å². The third kappa shape index (κ3) is 3.13. The number of ether oxygens (including phenoxy) is 1. The quantitative estimate of drug-likeness (QED) is 0.376. The number of Topliss-reactive ketones (excluding diaryl/α,β-unsaturated/α-hetero) is 1. The van der Waals surface area contributed by atoms with Gasteiger partial charge in [0.15, 0.2) is 0 Å². The van der Waals surface area contributed by atoms with Crippen LogP contribution in [0, 0.1) is 0 Å².